The SMILES string of the molecule is CN(C)CCN(C)c1ccc2nc(C3CC3)nc(N3CCC(c4ccccc4N4CCC4)CC3)c2c1. The van der Waals surface area contributed by atoms with E-state index in [1.165, 1.54) is 62.0 Å². The second-order valence-corrected chi connectivity index (χ2v) is 11.3. The Morgan fingerprint density at radius 1 is 0.806 bits per heavy atom. The molecule has 0 N–H and O–H groups in total. The molecule has 3 aliphatic rings. The number of fused-ring (bicyclic) bond motifs is 1. The minimum absolute atomic E-state index is 0.552. The number of hydrogen-bond donors (Lipinski definition) is 0. The summed E-state index contributed by atoms with van der Waals surface area (Å²) in [6.07, 6.45) is 6.13. The van der Waals surface area contributed by atoms with Crippen LogP contribution in [0, 0.1) is 0 Å². The molecule has 2 saturated heterocycles. The number of likely N-dealkylation sites (N-methyl/N-ethyl adjacent to an activating group) is 2. The van der Waals surface area contributed by atoms with Crippen molar-refractivity contribution in [2.24, 2.45) is 0 Å². The standard InChI is InChI=1S/C30H40N6/c1-33(2)19-20-34(3)24-11-12-27-26(21-24)30(32-29(31-27)23-9-10-23)36-17-13-22(14-18-36)25-7-4-5-8-28(25)35-15-6-16-35/h4-5,7-8,11-12,21-23H,6,9-10,13-20H2,1-3H3. The summed E-state index contributed by atoms with van der Waals surface area (Å²) in [6, 6.07) is 15.9. The van der Waals surface area contributed by atoms with Crippen molar-refractivity contribution in [2.45, 2.75) is 43.9 Å². The molecule has 0 radical (unpaired) electrons. The molecule has 0 atom stereocenters. The summed E-state index contributed by atoms with van der Waals surface area (Å²) in [5, 5.41) is 1.20. The van der Waals surface area contributed by atoms with Crippen molar-refractivity contribution < 1.29 is 0 Å². The van der Waals surface area contributed by atoms with Crippen LogP contribution < -0.4 is 14.7 Å². The zero-order chi connectivity index (χ0) is 24.6. The molecule has 0 spiro atoms. The monoisotopic (exact) mass is 484 g/mol. The molecule has 3 heterocycles. The zero-order valence-electron chi connectivity index (χ0n) is 22.2. The minimum atomic E-state index is 0.552. The number of piperidine rings is 1. The molecule has 36 heavy (non-hydrogen) atoms. The number of para-hydroxylation sites is 1. The highest BCUT2D eigenvalue weighted by molar-refractivity contribution is 5.92. The molecule has 3 aromatic rings. The largest absolute Gasteiger partial charge is 0.373 e. The second kappa shape index (κ2) is 9.89. The van der Waals surface area contributed by atoms with Gasteiger partial charge in [0, 0.05) is 69.0 Å². The fourth-order valence-corrected chi connectivity index (χ4v) is 5.68. The summed E-state index contributed by atoms with van der Waals surface area (Å²) >= 11 is 0. The summed E-state index contributed by atoms with van der Waals surface area (Å²) in [6.45, 7) is 6.55. The summed E-state index contributed by atoms with van der Waals surface area (Å²) < 4.78 is 0. The van der Waals surface area contributed by atoms with Crippen LogP contribution in [0.5, 0.6) is 0 Å². The maximum Gasteiger partial charge on any atom is 0.140 e. The second-order valence-electron chi connectivity index (χ2n) is 11.3. The number of anilines is 3. The molecule has 3 fully saturated rings. The van der Waals surface area contributed by atoms with E-state index in [1.807, 2.05) is 0 Å². The summed E-state index contributed by atoms with van der Waals surface area (Å²) in [5.74, 6) is 3.38. The van der Waals surface area contributed by atoms with Crippen molar-refractivity contribution in [2.75, 3.05) is 75.1 Å². The van der Waals surface area contributed by atoms with Crippen molar-refractivity contribution in [3.63, 3.8) is 0 Å². The van der Waals surface area contributed by atoms with E-state index in [-0.39, 0.29) is 0 Å². The lowest BCUT2D eigenvalue weighted by atomic mass is 9.87. The van der Waals surface area contributed by atoms with Gasteiger partial charge < -0.3 is 19.6 Å². The molecule has 2 aromatic carbocycles. The fraction of sp³-hybridized carbons (Fsp3) is 0.533. The lowest BCUT2D eigenvalue weighted by Gasteiger charge is -2.39. The van der Waals surface area contributed by atoms with Gasteiger partial charge in [-0.2, -0.15) is 0 Å². The van der Waals surface area contributed by atoms with Gasteiger partial charge in [-0.25, -0.2) is 9.97 Å². The Morgan fingerprint density at radius 3 is 2.28 bits per heavy atom. The van der Waals surface area contributed by atoms with Gasteiger partial charge in [-0.05, 0) is 81.9 Å². The summed E-state index contributed by atoms with van der Waals surface area (Å²) in [4.78, 5) is 19.9. The van der Waals surface area contributed by atoms with E-state index >= 15 is 0 Å². The predicted octanol–water partition coefficient (Wildman–Crippen LogP) is 5.10. The van der Waals surface area contributed by atoms with Gasteiger partial charge in [0.1, 0.15) is 11.6 Å². The Hall–Kier alpha value is -2.86. The average Bonchev–Trinajstić information content (AvgIpc) is 3.71. The van der Waals surface area contributed by atoms with E-state index in [1.54, 1.807) is 5.56 Å². The van der Waals surface area contributed by atoms with Crippen molar-refractivity contribution in [1.29, 1.82) is 0 Å². The highest BCUT2D eigenvalue weighted by Gasteiger charge is 2.30. The molecule has 6 rings (SSSR count). The van der Waals surface area contributed by atoms with Gasteiger partial charge in [-0.15, -0.1) is 0 Å². The van der Waals surface area contributed by atoms with Crippen LogP contribution in [0.3, 0.4) is 0 Å². The molecular weight excluding hydrogens is 444 g/mol. The van der Waals surface area contributed by atoms with Crippen LogP contribution in [0.25, 0.3) is 10.9 Å². The van der Waals surface area contributed by atoms with Crippen LogP contribution in [-0.2, 0) is 0 Å². The number of aromatic nitrogens is 2. The van der Waals surface area contributed by atoms with E-state index < -0.39 is 0 Å². The molecule has 1 aliphatic carbocycles. The number of hydrogen-bond acceptors (Lipinski definition) is 6. The zero-order valence-corrected chi connectivity index (χ0v) is 22.2. The molecule has 1 saturated carbocycles. The van der Waals surface area contributed by atoms with Crippen molar-refractivity contribution in [3.8, 4) is 0 Å². The molecule has 6 nitrogen and oxygen atoms in total. The molecule has 0 amide bonds. The van der Waals surface area contributed by atoms with E-state index in [9.17, 15) is 0 Å². The molecular formula is C30H40N6. The predicted molar refractivity (Wildman–Crippen MR) is 151 cm³/mol. The third kappa shape index (κ3) is 4.75. The van der Waals surface area contributed by atoms with E-state index in [0.717, 1.165) is 43.3 Å². The first-order chi connectivity index (χ1) is 17.6. The van der Waals surface area contributed by atoms with E-state index in [0.29, 0.717) is 11.8 Å². The highest BCUT2D eigenvalue weighted by Crippen LogP contribution is 2.42. The van der Waals surface area contributed by atoms with Crippen LogP contribution in [0.15, 0.2) is 42.5 Å². The topological polar surface area (TPSA) is 38.7 Å². The molecule has 190 valence electrons. The highest BCUT2D eigenvalue weighted by atomic mass is 15.2. The quantitative estimate of drug-likeness (QED) is 0.443. The number of rotatable bonds is 8. The summed E-state index contributed by atoms with van der Waals surface area (Å²) in [5.41, 5.74) is 5.35. The Morgan fingerprint density at radius 2 is 1.58 bits per heavy atom. The molecule has 1 aromatic heterocycles. The lowest BCUT2D eigenvalue weighted by Crippen LogP contribution is -2.39. The summed E-state index contributed by atoms with van der Waals surface area (Å²) in [7, 11) is 6.45. The molecule has 2 aliphatic heterocycles. The van der Waals surface area contributed by atoms with Gasteiger partial charge in [0.25, 0.3) is 0 Å². The molecule has 0 unspecified atom stereocenters. The normalized spacial score (nSPS) is 18.7. The smallest absolute Gasteiger partial charge is 0.140 e. The van der Waals surface area contributed by atoms with Crippen LogP contribution in [0.4, 0.5) is 17.2 Å². The Kier molecular flexibility index (Phi) is 6.46. The van der Waals surface area contributed by atoms with Gasteiger partial charge >= 0.3 is 0 Å². The van der Waals surface area contributed by atoms with E-state index in [2.05, 4.69) is 83.2 Å². The Labute approximate surface area is 215 Å². The Balaban J connectivity index is 1.26. The number of nitrogens with zero attached hydrogens (tertiary/aromatic N) is 6. The van der Waals surface area contributed by atoms with E-state index in [4.69, 9.17) is 9.97 Å². The third-order valence-corrected chi connectivity index (χ3v) is 8.31. The van der Waals surface area contributed by atoms with Gasteiger partial charge in [0.2, 0.25) is 0 Å². The first-order valence-electron chi connectivity index (χ1n) is 13.8. The fourth-order valence-electron chi connectivity index (χ4n) is 5.68. The van der Waals surface area contributed by atoms with Crippen LogP contribution in [0.2, 0.25) is 0 Å². The first kappa shape index (κ1) is 23.5. The average molecular weight is 485 g/mol. The number of benzene rings is 2. The molecule has 6 heteroatoms. The van der Waals surface area contributed by atoms with Crippen molar-refractivity contribution in [1.82, 2.24) is 14.9 Å². The van der Waals surface area contributed by atoms with Gasteiger partial charge in [0.15, 0.2) is 0 Å². The van der Waals surface area contributed by atoms with Gasteiger partial charge in [-0.1, -0.05) is 18.2 Å². The first-order valence-corrected chi connectivity index (χ1v) is 13.8. The maximum atomic E-state index is 5.21. The van der Waals surface area contributed by atoms with Gasteiger partial charge in [-0.3, -0.25) is 0 Å². The van der Waals surface area contributed by atoms with Crippen molar-refractivity contribution >= 4 is 28.1 Å². The van der Waals surface area contributed by atoms with Crippen LogP contribution in [-0.4, -0.2) is 75.3 Å². The Bertz CT molecular complexity index is 1210. The third-order valence-electron chi connectivity index (χ3n) is 8.31. The van der Waals surface area contributed by atoms with Gasteiger partial charge in [0.05, 0.1) is 5.52 Å². The van der Waals surface area contributed by atoms with Crippen LogP contribution in [0.1, 0.15) is 55.3 Å². The lowest BCUT2D eigenvalue weighted by molar-refractivity contribution is 0.416. The van der Waals surface area contributed by atoms with Crippen molar-refractivity contribution in [3.05, 3.63) is 53.9 Å². The molecule has 0 bridgehead atoms. The minimum Gasteiger partial charge on any atom is -0.373 e. The van der Waals surface area contributed by atoms with Crippen LogP contribution >= 0.6 is 0 Å². The maximum absolute atomic E-state index is 5.21.